The third-order valence-electron chi connectivity index (χ3n) is 8.78. The van der Waals surface area contributed by atoms with Crippen LogP contribution >= 0.6 is 0 Å². The van der Waals surface area contributed by atoms with Crippen LogP contribution in [-0.4, -0.2) is 33.1 Å². The molecule has 0 amide bonds. The summed E-state index contributed by atoms with van der Waals surface area (Å²) < 4.78 is 0. The minimum atomic E-state index is -0.621. The molecule has 0 heterocycles. The smallest absolute Gasteiger partial charge is 0.0811 e. The van der Waals surface area contributed by atoms with Crippen LogP contribution in [0.3, 0.4) is 0 Å². The van der Waals surface area contributed by atoms with Crippen molar-refractivity contribution in [3.05, 3.63) is 34.9 Å². The van der Waals surface area contributed by atoms with E-state index in [0.717, 1.165) is 29.9 Å². The molecular weight excluding hydrogens is 384 g/mol. The summed E-state index contributed by atoms with van der Waals surface area (Å²) in [6.45, 7) is 15.1. The molecule has 0 radical (unpaired) electrons. The van der Waals surface area contributed by atoms with Crippen molar-refractivity contribution in [3.63, 3.8) is 0 Å². The number of hydrogen-bond acceptors (Lipinski definition) is 3. The van der Waals surface area contributed by atoms with Crippen molar-refractivity contribution in [2.24, 2.45) is 23.2 Å². The first-order valence-corrected chi connectivity index (χ1v) is 12.6. The molecular formula is C28H46O3. The first kappa shape index (κ1) is 24.7. The highest BCUT2D eigenvalue weighted by Crippen LogP contribution is 2.60. The fourth-order valence-corrected chi connectivity index (χ4v) is 7.08. The van der Waals surface area contributed by atoms with Crippen LogP contribution in [0.1, 0.15) is 98.8 Å². The van der Waals surface area contributed by atoms with E-state index >= 15 is 0 Å². The van der Waals surface area contributed by atoms with Crippen LogP contribution in [0.15, 0.2) is 34.9 Å². The molecule has 3 aliphatic rings. The maximum Gasteiger partial charge on any atom is 0.0811 e. The van der Waals surface area contributed by atoms with Crippen LogP contribution in [0.2, 0.25) is 0 Å². The van der Waals surface area contributed by atoms with Gasteiger partial charge in [-0.2, -0.15) is 0 Å². The molecule has 0 aromatic carbocycles. The first-order valence-electron chi connectivity index (χ1n) is 12.6. The van der Waals surface area contributed by atoms with Gasteiger partial charge in [-0.25, -0.2) is 0 Å². The van der Waals surface area contributed by atoms with Gasteiger partial charge in [0.25, 0.3) is 0 Å². The minimum Gasteiger partial charge on any atom is -0.393 e. The van der Waals surface area contributed by atoms with E-state index in [1.807, 2.05) is 13.8 Å². The van der Waals surface area contributed by atoms with E-state index < -0.39 is 17.8 Å². The van der Waals surface area contributed by atoms with E-state index in [-0.39, 0.29) is 0 Å². The van der Waals surface area contributed by atoms with Crippen molar-refractivity contribution in [1.82, 2.24) is 0 Å². The van der Waals surface area contributed by atoms with Crippen molar-refractivity contribution in [1.29, 1.82) is 0 Å². The first-order chi connectivity index (χ1) is 14.4. The number of rotatable bonds is 6. The number of hydrogen-bond donors (Lipinski definition) is 3. The van der Waals surface area contributed by atoms with E-state index in [2.05, 4.69) is 33.4 Å². The zero-order valence-electron chi connectivity index (χ0n) is 20.6. The third kappa shape index (κ3) is 5.54. The molecule has 0 saturated heterocycles. The molecule has 0 aliphatic heterocycles. The Morgan fingerprint density at radius 2 is 2.00 bits per heavy atom. The molecule has 0 aromatic heterocycles. The fraction of sp³-hybridized carbons (Fsp3) is 0.786. The predicted molar refractivity (Wildman–Crippen MR) is 129 cm³/mol. The molecule has 31 heavy (non-hydrogen) atoms. The van der Waals surface area contributed by atoms with Crippen LogP contribution in [0, 0.1) is 23.2 Å². The minimum absolute atomic E-state index is 0.367. The molecule has 3 N–H and O–H groups in total. The summed E-state index contributed by atoms with van der Waals surface area (Å²) >= 11 is 0. The van der Waals surface area contributed by atoms with Gasteiger partial charge in [-0.15, -0.1) is 0 Å². The van der Waals surface area contributed by atoms with Crippen molar-refractivity contribution >= 4 is 0 Å². The van der Waals surface area contributed by atoms with Crippen molar-refractivity contribution < 1.29 is 15.3 Å². The summed E-state index contributed by atoms with van der Waals surface area (Å²) in [4.78, 5) is 0. The van der Waals surface area contributed by atoms with Crippen molar-refractivity contribution in [2.75, 3.05) is 0 Å². The Balaban J connectivity index is 1.76. The third-order valence-corrected chi connectivity index (χ3v) is 8.78. The van der Waals surface area contributed by atoms with Crippen LogP contribution in [0.4, 0.5) is 0 Å². The highest BCUT2D eigenvalue weighted by molar-refractivity contribution is 5.43. The average Bonchev–Trinajstić information content (AvgIpc) is 3.01. The molecule has 3 aliphatic carbocycles. The van der Waals surface area contributed by atoms with E-state index in [0.29, 0.717) is 30.1 Å². The summed E-state index contributed by atoms with van der Waals surface area (Å²) in [6.07, 6.45) is 11.8. The molecule has 176 valence electrons. The number of aliphatic hydroxyl groups excluding tert-OH is 2. The van der Waals surface area contributed by atoms with Gasteiger partial charge >= 0.3 is 0 Å². The second-order valence-electron chi connectivity index (χ2n) is 11.8. The van der Waals surface area contributed by atoms with Gasteiger partial charge in [0, 0.05) is 6.42 Å². The molecule has 0 bridgehead atoms. The lowest BCUT2D eigenvalue weighted by Gasteiger charge is -2.44. The second kappa shape index (κ2) is 9.53. The highest BCUT2D eigenvalue weighted by atomic mass is 16.3. The molecule has 3 saturated carbocycles. The van der Waals surface area contributed by atoms with Crippen LogP contribution in [0.25, 0.3) is 0 Å². The quantitative estimate of drug-likeness (QED) is 0.477. The molecule has 0 aromatic rings. The van der Waals surface area contributed by atoms with E-state index in [1.54, 1.807) is 5.57 Å². The molecule has 3 fully saturated rings. The Hall–Kier alpha value is -0.900. The van der Waals surface area contributed by atoms with Gasteiger partial charge in [0.05, 0.1) is 17.8 Å². The van der Waals surface area contributed by atoms with Gasteiger partial charge < -0.3 is 15.3 Å². The zero-order chi connectivity index (χ0) is 23.0. The van der Waals surface area contributed by atoms with Gasteiger partial charge in [-0.1, -0.05) is 44.9 Å². The van der Waals surface area contributed by atoms with Gasteiger partial charge in [0.1, 0.15) is 0 Å². The Labute approximate surface area is 190 Å². The highest BCUT2D eigenvalue weighted by Gasteiger charge is 2.50. The Kier molecular flexibility index (Phi) is 7.61. The summed E-state index contributed by atoms with van der Waals surface area (Å²) in [5.41, 5.74) is 4.42. The summed E-state index contributed by atoms with van der Waals surface area (Å²) in [6, 6.07) is 0. The maximum atomic E-state index is 10.3. The summed E-state index contributed by atoms with van der Waals surface area (Å²) in [7, 11) is 0. The molecule has 3 rings (SSSR count). The van der Waals surface area contributed by atoms with Crippen molar-refractivity contribution in [3.8, 4) is 0 Å². The second-order valence-corrected chi connectivity index (χ2v) is 11.8. The zero-order valence-corrected chi connectivity index (χ0v) is 20.6. The number of allylic oxidation sites excluding steroid dienone is 3. The standard InChI is InChI=1S/C28H46O3/c1-18(9-7-13-27(4,5)31)24-11-12-25-21(10-8-14-28(24,25)6)15-19(2)23-16-22(29)17-26(30)20(23)3/h15,18,22,24-26,29-31H,3,7-14,16-17H2,1-2,4-6H3/b21-15?,23-19-/t18-,22-,24-,25?,26-,28-/m1/s1. The maximum absolute atomic E-state index is 10.3. The predicted octanol–water partition coefficient (Wildman–Crippen LogP) is 6.09. The summed E-state index contributed by atoms with van der Waals surface area (Å²) in [5.74, 6) is 2.09. The monoisotopic (exact) mass is 430 g/mol. The SMILES string of the molecule is C=C1/C(=C(/C)C=C2CCC[C@@]3(C)C2CC[C@@H]3[C@H](C)CCCC(C)(C)O)C[C@@H](O)C[C@H]1O. The Bertz CT molecular complexity index is 725. The van der Waals surface area contributed by atoms with Gasteiger partial charge in [0.15, 0.2) is 0 Å². The average molecular weight is 431 g/mol. The van der Waals surface area contributed by atoms with Crippen LogP contribution in [0.5, 0.6) is 0 Å². The van der Waals surface area contributed by atoms with E-state index in [9.17, 15) is 15.3 Å². The summed E-state index contributed by atoms with van der Waals surface area (Å²) in [5, 5.41) is 30.5. The lowest BCUT2D eigenvalue weighted by molar-refractivity contribution is 0.0596. The van der Waals surface area contributed by atoms with Crippen LogP contribution in [-0.2, 0) is 0 Å². The lowest BCUT2D eigenvalue weighted by Crippen LogP contribution is -2.36. The Morgan fingerprint density at radius 3 is 2.68 bits per heavy atom. The normalized spacial score (nSPS) is 38.3. The topological polar surface area (TPSA) is 60.7 Å². The fourth-order valence-electron chi connectivity index (χ4n) is 7.08. The molecule has 1 unspecified atom stereocenters. The van der Waals surface area contributed by atoms with Gasteiger partial charge in [-0.3, -0.25) is 0 Å². The van der Waals surface area contributed by atoms with Crippen LogP contribution < -0.4 is 0 Å². The van der Waals surface area contributed by atoms with Crippen molar-refractivity contribution in [2.45, 2.75) is 117 Å². The number of fused-ring (bicyclic) bond motifs is 1. The molecule has 3 heteroatoms. The van der Waals surface area contributed by atoms with E-state index in [4.69, 9.17) is 0 Å². The van der Waals surface area contributed by atoms with Gasteiger partial charge in [0.2, 0.25) is 0 Å². The molecule has 0 spiro atoms. The number of aliphatic hydroxyl groups is 3. The largest absolute Gasteiger partial charge is 0.393 e. The molecule has 6 atom stereocenters. The molecule has 3 nitrogen and oxygen atoms in total. The Morgan fingerprint density at radius 1 is 1.29 bits per heavy atom. The van der Waals surface area contributed by atoms with Gasteiger partial charge in [-0.05, 0) is 106 Å². The lowest BCUT2D eigenvalue weighted by atomic mass is 9.60. The van der Waals surface area contributed by atoms with E-state index in [1.165, 1.54) is 44.1 Å².